The molecule has 1 aliphatic carbocycles. The number of benzene rings is 5. The number of carbonyl (C=O) groups is 1. The van der Waals surface area contributed by atoms with Crippen molar-refractivity contribution < 1.29 is 4.79 Å². The Labute approximate surface area is 231 Å². The van der Waals surface area contributed by atoms with Gasteiger partial charge in [-0.15, -0.1) is 0 Å². The number of Topliss-reactive ketones (excluding diaryl/α,β-unsaturated/α-hetero) is 1. The smallest absolute Gasteiger partial charge is 0.276 e. The minimum absolute atomic E-state index is 0.0436. The lowest BCUT2D eigenvalue weighted by atomic mass is 9.77. The molecule has 0 N–H and O–H groups in total. The van der Waals surface area contributed by atoms with Crippen LogP contribution in [-0.4, -0.2) is 15.1 Å². The van der Waals surface area contributed by atoms with Crippen molar-refractivity contribution in [2.24, 2.45) is 0 Å². The molecule has 40 heavy (non-hydrogen) atoms. The van der Waals surface area contributed by atoms with Crippen molar-refractivity contribution in [1.29, 1.82) is 0 Å². The van der Waals surface area contributed by atoms with Crippen LogP contribution in [0.2, 0.25) is 0 Å². The molecule has 4 nitrogen and oxygen atoms in total. The second-order valence-corrected chi connectivity index (χ2v) is 10.4. The summed E-state index contributed by atoms with van der Waals surface area (Å²) < 4.78 is 3.74. The Morgan fingerprint density at radius 3 is 1.32 bits per heavy atom. The number of allylic oxidation sites excluding steroid dienone is 2. The van der Waals surface area contributed by atoms with Gasteiger partial charge in [0, 0.05) is 11.1 Å². The van der Waals surface area contributed by atoms with Crippen molar-refractivity contribution in [1.82, 2.24) is 9.36 Å². The molecule has 1 aromatic heterocycles. The summed E-state index contributed by atoms with van der Waals surface area (Å²) >= 11 is 0. The molecule has 8 rings (SSSR count). The summed E-state index contributed by atoms with van der Waals surface area (Å²) in [6, 6.07) is 47.6. The summed E-state index contributed by atoms with van der Waals surface area (Å²) in [5.41, 5.74) is 3.13. The Kier molecular flexibility index (Phi) is 4.63. The van der Waals surface area contributed by atoms with Gasteiger partial charge in [-0.05, 0) is 34.4 Å². The molecule has 2 atom stereocenters. The standard InChI is InChI=1S/C36H24N2O2/c39-33-29-23-13-14-24-30(29)37-35(27-19-9-3-10-20-27)31(25-15-5-1-6-16-25)32(26-17-7-2-8-18-26)36(34(35)40,38(33)37)28-21-11-4-12-22-28/h1-24H. The zero-order valence-corrected chi connectivity index (χ0v) is 21.6. The first-order valence-corrected chi connectivity index (χ1v) is 13.5. The maximum absolute atomic E-state index is 15.7. The Bertz CT molecular complexity index is 2020. The van der Waals surface area contributed by atoms with Gasteiger partial charge in [0.1, 0.15) is 0 Å². The molecule has 0 saturated carbocycles. The Balaban J connectivity index is 1.70. The van der Waals surface area contributed by atoms with Crippen molar-refractivity contribution >= 4 is 27.8 Å². The number of nitrogens with zero attached hydrogens (tertiary/aromatic N) is 2. The lowest BCUT2D eigenvalue weighted by molar-refractivity contribution is -0.123. The summed E-state index contributed by atoms with van der Waals surface area (Å²) in [7, 11) is 0. The summed E-state index contributed by atoms with van der Waals surface area (Å²) in [5.74, 6) is -0.0436. The van der Waals surface area contributed by atoms with Gasteiger partial charge in [0.15, 0.2) is 11.1 Å². The van der Waals surface area contributed by atoms with Crippen LogP contribution in [0.1, 0.15) is 22.3 Å². The Morgan fingerprint density at radius 2 is 0.825 bits per heavy atom. The monoisotopic (exact) mass is 516 g/mol. The van der Waals surface area contributed by atoms with Gasteiger partial charge in [-0.3, -0.25) is 14.3 Å². The van der Waals surface area contributed by atoms with Crippen LogP contribution in [0.3, 0.4) is 0 Å². The van der Waals surface area contributed by atoms with E-state index < -0.39 is 11.1 Å². The quantitative estimate of drug-likeness (QED) is 0.269. The molecule has 2 aliphatic rings. The maximum atomic E-state index is 15.7. The number of para-hydroxylation sites is 1. The molecular weight excluding hydrogens is 492 g/mol. The molecule has 0 fully saturated rings. The second kappa shape index (κ2) is 8.14. The van der Waals surface area contributed by atoms with Gasteiger partial charge in [0.25, 0.3) is 5.56 Å². The first kappa shape index (κ1) is 22.7. The first-order chi connectivity index (χ1) is 19.7. The van der Waals surface area contributed by atoms with Gasteiger partial charge in [0.05, 0.1) is 10.9 Å². The van der Waals surface area contributed by atoms with Crippen LogP contribution in [-0.2, 0) is 15.9 Å². The number of aromatic nitrogens is 2. The Morgan fingerprint density at radius 1 is 0.425 bits per heavy atom. The van der Waals surface area contributed by atoms with Gasteiger partial charge < -0.3 is 0 Å². The predicted octanol–water partition coefficient (Wildman–Crippen LogP) is 6.50. The highest BCUT2D eigenvalue weighted by molar-refractivity contribution is 6.29. The second-order valence-electron chi connectivity index (χ2n) is 10.4. The molecule has 190 valence electrons. The molecule has 5 aromatic carbocycles. The zero-order valence-electron chi connectivity index (χ0n) is 21.6. The molecule has 0 saturated heterocycles. The molecule has 2 unspecified atom stereocenters. The van der Waals surface area contributed by atoms with Crippen LogP contribution in [0.15, 0.2) is 150 Å². The normalized spacial score (nSPS) is 21.2. The van der Waals surface area contributed by atoms with E-state index in [0.717, 1.165) is 38.9 Å². The minimum atomic E-state index is -1.38. The predicted molar refractivity (Wildman–Crippen MR) is 158 cm³/mol. The molecule has 4 heteroatoms. The minimum Gasteiger partial charge on any atom is -0.293 e. The third kappa shape index (κ3) is 2.56. The van der Waals surface area contributed by atoms with E-state index in [1.165, 1.54) is 0 Å². The van der Waals surface area contributed by atoms with Gasteiger partial charge >= 0.3 is 0 Å². The summed E-state index contributed by atoms with van der Waals surface area (Å²) in [6.45, 7) is 0. The van der Waals surface area contributed by atoms with Gasteiger partial charge in [-0.25, -0.2) is 4.68 Å². The van der Waals surface area contributed by atoms with E-state index in [1.807, 2.05) is 138 Å². The highest BCUT2D eigenvalue weighted by atomic mass is 16.2. The number of hydrogen-bond acceptors (Lipinski definition) is 2. The van der Waals surface area contributed by atoms with Crippen molar-refractivity contribution in [3.05, 3.63) is 178 Å². The molecule has 2 heterocycles. The molecule has 0 radical (unpaired) electrons. The summed E-state index contributed by atoms with van der Waals surface area (Å²) in [6.07, 6.45) is 0. The van der Waals surface area contributed by atoms with E-state index in [9.17, 15) is 4.79 Å². The molecule has 0 spiro atoms. The van der Waals surface area contributed by atoms with Crippen LogP contribution in [0, 0.1) is 0 Å². The highest BCUT2D eigenvalue weighted by Crippen LogP contribution is 2.65. The number of carbonyl (C=O) groups excluding carboxylic acids is 1. The van der Waals surface area contributed by atoms with Crippen LogP contribution in [0.25, 0.3) is 22.0 Å². The molecule has 2 bridgehead atoms. The van der Waals surface area contributed by atoms with Crippen molar-refractivity contribution in [3.63, 3.8) is 0 Å². The van der Waals surface area contributed by atoms with Gasteiger partial charge in [-0.2, -0.15) is 0 Å². The number of rotatable bonds is 4. The largest absolute Gasteiger partial charge is 0.293 e. The van der Waals surface area contributed by atoms with Crippen molar-refractivity contribution in [2.75, 3.05) is 0 Å². The molecule has 1 aliphatic heterocycles. The lowest BCUT2D eigenvalue weighted by Gasteiger charge is -2.36. The molecular formula is C36H24N2O2. The SMILES string of the molecule is O=C1C2(c3ccccc3)C(c3ccccc3)=C(c3ccccc3)C1(c1ccccc1)n1c3ccccc3c(=O)n12. The fourth-order valence-electron chi connectivity index (χ4n) is 7.11. The van der Waals surface area contributed by atoms with E-state index in [0.29, 0.717) is 5.39 Å². The van der Waals surface area contributed by atoms with Crippen LogP contribution < -0.4 is 5.56 Å². The van der Waals surface area contributed by atoms with Crippen LogP contribution in [0.5, 0.6) is 0 Å². The fourth-order valence-corrected chi connectivity index (χ4v) is 7.11. The zero-order chi connectivity index (χ0) is 26.9. The van der Waals surface area contributed by atoms with E-state index in [2.05, 4.69) is 12.1 Å². The highest BCUT2D eigenvalue weighted by Gasteiger charge is 2.72. The number of hydrogen-bond donors (Lipinski definition) is 0. The van der Waals surface area contributed by atoms with E-state index in [1.54, 1.807) is 4.68 Å². The van der Waals surface area contributed by atoms with Crippen LogP contribution in [0.4, 0.5) is 0 Å². The third-order valence-electron chi connectivity index (χ3n) is 8.53. The van der Waals surface area contributed by atoms with Gasteiger partial charge in [0.2, 0.25) is 5.78 Å². The number of fused-ring (bicyclic) bond motifs is 7. The van der Waals surface area contributed by atoms with Crippen LogP contribution >= 0.6 is 0 Å². The maximum Gasteiger partial charge on any atom is 0.276 e. The molecule has 6 aromatic rings. The Hall–Kier alpha value is -5.22. The van der Waals surface area contributed by atoms with E-state index >= 15 is 4.79 Å². The average molecular weight is 517 g/mol. The lowest BCUT2D eigenvalue weighted by Crippen LogP contribution is -2.44. The van der Waals surface area contributed by atoms with Gasteiger partial charge in [-0.1, -0.05) is 133 Å². The fraction of sp³-hybridized carbons (Fsp3) is 0.0556. The summed E-state index contributed by atoms with van der Waals surface area (Å²) in [5, 5.41) is 0.595. The van der Waals surface area contributed by atoms with Crippen molar-refractivity contribution in [2.45, 2.75) is 11.1 Å². The van der Waals surface area contributed by atoms with Crippen molar-refractivity contribution in [3.8, 4) is 0 Å². The summed E-state index contributed by atoms with van der Waals surface area (Å²) in [4.78, 5) is 30.2. The third-order valence-corrected chi connectivity index (χ3v) is 8.53. The average Bonchev–Trinajstić information content (AvgIpc) is 3.56. The number of ketones is 1. The first-order valence-electron chi connectivity index (χ1n) is 13.5. The molecule has 0 amide bonds. The van der Waals surface area contributed by atoms with E-state index in [4.69, 9.17) is 0 Å². The topological polar surface area (TPSA) is 44.0 Å². The van der Waals surface area contributed by atoms with E-state index in [-0.39, 0.29) is 11.3 Å².